The van der Waals surface area contributed by atoms with E-state index in [1.807, 2.05) is 0 Å². The number of ether oxygens (including phenoxy) is 2. The van der Waals surface area contributed by atoms with Crippen LogP contribution in [0.15, 0.2) is 36.4 Å². The number of methoxy groups -OCH3 is 1. The molecule has 2 rings (SSSR count). The van der Waals surface area contributed by atoms with E-state index in [2.05, 4.69) is 5.32 Å². The van der Waals surface area contributed by atoms with Gasteiger partial charge in [-0.1, -0.05) is 23.2 Å². The van der Waals surface area contributed by atoms with Gasteiger partial charge in [-0.05, 0) is 36.4 Å². The molecule has 5 nitrogen and oxygen atoms in total. The quantitative estimate of drug-likeness (QED) is 0.808. The Balaban J connectivity index is 2.00. The van der Waals surface area contributed by atoms with Crippen molar-refractivity contribution in [1.29, 1.82) is 0 Å². The molecule has 1 amide bonds. The van der Waals surface area contributed by atoms with E-state index in [4.69, 9.17) is 32.7 Å². The highest BCUT2D eigenvalue weighted by atomic mass is 35.5. The van der Waals surface area contributed by atoms with Gasteiger partial charge >= 0.3 is 5.97 Å². The minimum absolute atomic E-state index is 0.177. The molecule has 2 aromatic carbocycles. The first-order valence-electron chi connectivity index (χ1n) is 6.66. The van der Waals surface area contributed by atoms with Gasteiger partial charge in [0.25, 0.3) is 5.91 Å². The maximum atomic E-state index is 13.5. The van der Waals surface area contributed by atoms with Crippen LogP contribution >= 0.6 is 23.2 Å². The maximum Gasteiger partial charge on any atom is 0.341 e. The molecule has 8 heteroatoms. The molecule has 0 atom stereocenters. The maximum absolute atomic E-state index is 13.5. The van der Waals surface area contributed by atoms with Crippen LogP contribution in [0.25, 0.3) is 0 Å². The number of rotatable bonds is 5. The highest BCUT2D eigenvalue weighted by Crippen LogP contribution is 2.27. The lowest BCUT2D eigenvalue weighted by atomic mass is 10.2. The minimum atomic E-state index is -0.997. The van der Waals surface area contributed by atoms with Gasteiger partial charge in [0, 0.05) is 10.0 Å². The second-order valence-electron chi connectivity index (χ2n) is 4.59. The van der Waals surface area contributed by atoms with Crippen LogP contribution in [0.2, 0.25) is 10.0 Å². The topological polar surface area (TPSA) is 64.6 Å². The van der Waals surface area contributed by atoms with E-state index in [0.717, 1.165) is 12.1 Å². The predicted octanol–water partition coefficient (Wildman–Crippen LogP) is 3.94. The standard InChI is InChI=1S/C16H12Cl2FNO4/c1-23-14-5-3-10(18)7-13(14)20-15(21)8-24-16(22)11-6-9(17)2-4-12(11)19/h2-7H,8H2,1H3,(H,20,21). The summed E-state index contributed by atoms with van der Waals surface area (Å²) in [5, 5.41) is 3.06. The van der Waals surface area contributed by atoms with Gasteiger partial charge in [-0.3, -0.25) is 4.79 Å². The van der Waals surface area contributed by atoms with Crippen LogP contribution in [-0.2, 0) is 9.53 Å². The molecule has 0 spiro atoms. The summed E-state index contributed by atoms with van der Waals surface area (Å²) in [6.45, 7) is -0.611. The van der Waals surface area contributed by atoms with Crippen LogP contribution < -0.4 is 10.1 Å². The van der Waals surface area contributed by atoms with Crippen LogP contribution in [0.5, 0.6) is 5.75 Å². The van der Waals surface area contributed by atoms with Gasteiger partial charge in [0.1, 0.15) is 11.6 Å². The molecular formula is C16H12Cl2FNO4. The SMILES string of the molecule is COc1ccc(Cl)cc1NC(=O)COC(=O)c1cc(Cl)ccc1F. The average Bonchev–Trinajstić information content (AvgIpc) is 2.55. The molecule has 0 aliphatic heterocycles. The summed E-state index contributed by atoms with van der Waals surface area (Å²) in [4.78, 5) is 23.7. The number of carbonyl (C=O) groups is 2. The number of carbonyl (C=O) groups excluding carboxylic acids is 2. The van der Waals surface area contributed by atoms with Gasteiger partial charge in [0.2, 0.25) is 0 Å². The first-order chi connectivity index (χ1) is 11.4. The number of halogens is 3. The number of esters is 1. The van der Waals surface area contributed by atoms with Crippen molar-refractivity contribution in [3.05, 3.63) is 57.8 Å². The summed E-state index contributed by atoms with van der Waals surface area (Å²) < 4.78 is 23.4. The monoisotopic (exact) mass is 371 g/mol. The second-order valence-corrected chi connectivity index (χ2v) is 5.47. The van der Waals surface area contributed by atoms with E-state index in [-0.39, 0.29) is 10.6 Å². The fourth-order valence-electron chi connectivity index (χ4n) is 1.83. The van der Waals surface area contributed by atoms with Crippen LogP contribution in [0, 0.1) is 5.82 Å². The Bertz CT molecular complexity index is 783. The zero-order chi connectivity index (χ0) is 17.7. The number of benzene rings is 2. The molecule has 24 heavy (non-hydrogen) atoms. The number of hydrogen-bond donors (Lipinski definition) is 1. The summed E-state index contributed by atoms with van der Waals surface area (Å²) in [5.41, 5.74) is -0.0318. The van der Waals surface area contributed by atoms with Crippen molar-refractivity contribution in [3.8, 4) is 5.75 Å². The molecule has 0 radical (unpaired) electrons. The van der Waals surface area contributed by atoms with Crippen molar-refractivity contribution in [1.82, 2.24) is 0 Å². The Morgan fingerprint density at radius 3 is 2.50 bits per heavy atom. The van der Waals surface area contributed by atoms with Crippen LogP contribution in [0.3, 0.4) is 0 Å². The lowest BCUT2D eigenvalue weighted by molar-refractivity contribution is -0.119. The zero-order valence-corrected chi connectivity index (χ0v) is 13.9. The van der Waals surface area contributed by atoms with E-state index in [9.17, 15) is 14.0 Å². The molecule has 2 aromatic rings. The van der Waals surface area contributed by atoms with Gasteiger partial charge in [-0.25, -0.2) is 9.18 Å². The van der Waals surface area contributed by atoms with Crippen molar-refractivity contribution < 1.29 is 23.5 Å². The van der Waals surface area contributed by atoms with E-state index in [1.54, 1.807) is 12.1 Å². The average molecular weight is 372 g/mol. The van der Waals surface area contributed by atoms with Crippen molar-refractivity contribution >= 4 is 40.8 Å². The molecule has 0 aliphatic carbocycles. The first kappa shape index (κ1) is 18.0. The van der Waals surface area contributed by atoms with Gasteiger partial charge in [0.05, 0.1) is 18.4 Å². The van der Waals surface area contributed by atoms with Crippen molar-refractivity contribution in [2.24, 2.45) is 0 Å². The lowest BCUT2D eigenvalue weighted by Crippen LogP contribution is -2.21. The summed E-state index contributed by atoms with van der Waals surface area (Å²) in [5.74, 6) is -2.03. The molecule has 0 unspecified atom stereocenters. The number of nitrogens with one attached hydrogen (secondary N) is 1. The number of hydrogen-bond acceptors (Lipinski definition) is 4. The summed E-state index contributed by atoms with van der Waals surface area (Å²) in [7, 11) is 1.43. The molecule has 1 N–H and O–H groups in total. The first-order valence-corrected chi connectivity index (χ1v) is 7.42. The fraction of sp³-hybridized carbons (Fsp3) is 0.125. The van der Waals surface area contributed by atoms with Crippen molar-refractivity contribution in [3.63, 3.8) is 0 Å². The largest absolute Gasteiger partial charge is 0.495 e. The van der Waals surface area contributed by atoms with E-state index >= 15 is 0 Å². The number of anilines is 1. The highest BCUT2D eigenvalue weighted by Gasteiger charge is 2.16. The fourth-order valence-corrected chi connectivity index (χ4v) is 2.17. The Kier molecular flexibility index (Phi) is 6.00. The normalized spacial score (nSPS) is 10.2. The third-order valence-corrected chi connectivity index (χ3v) is 3.39. The number of amides is 1. The Morgan fingerprint density at radius 2 is 1.79 bits per heavy atom. The van der Waals surface area contributed by atoms with Gasteiger partial charge in [-0.2, -0.15) is 0 Å². The molecule has 0 saturated carbocycles. The van der Waals surface area contributed by atoms with Crippen LogP contribution in [0.1, 0.15) is 10.4 Å². The molecule has 0 aromatic heterocycles. The third kappa shape index (κ3) is 4.59. The molecule has 0 fully saturated rings. The summed E-state index contributed by atoms with van der Waals surface area (Å²) >= 11 is 11.5. The Morgan fingerprint density at radius 1 is 1.12 bits per heavy atom. The van der Waals surface area contributed by atoms with Crippen molar-refractivity contribution in [2.45, 2.75) is 0 Å². The van der Waals surface area contributed by atoms with E-state index < -0.39 is 24.3 Å². The minimum Gasteiger partial charge on any atom is -0.495 e. The molecule has 126 valence electrons. The van der Waals surface area contributed by atoms with Crippen LogP contribution in [-0.4, -0.2) is 25.6 Å². The Labute approximate surface area is 147 Å². The summed E-state index contributed by atoms with van der Waals surface area (Å²) in [6.07, 6.45) is 0. The van der Waals surface area contributed by atoms with Gasteiger partial charge in [-0.15, -0.1) is 0 Å². The van der Waals surface area contributed by atoms with Crippen LogP contribution in [0.4, 0.5) is 10.1 Å². The molecular weight excluding hydrogens is 360 g/mol. The van der Waals surface area contributed by atoms with E-state index in [1.165, 1.54) is 19.2 Å². The molecule has 0 bridgehead atoms. The van der Waals surface area contributed by atoms with Gasteiger partial charge < -0.3 is 14.8 Å². The Hall–Kier alpha value is -2.31. The zero-order valence-electron chi connectivity index (χ0n) is 12.4. The smallest absolute Gasteiger partial charge is 0.341 e. The molecule has 0 saturated heterocycles. The van der Waals surface area contributed by atoms with E-state index in [0.29, 0.717) is 16.5 Å². The molecule has 0 aliphatic rings. The summed E-state index contributed by atoms with van der Waals surface area (Å²) in [6, 6.07) is 8.11. The molecule has 0 heterocycles. The van der Waals surface area contributed by atoms with Crippen molar-refractivity contribution in [2.75, 3.05) is 19.0 Å². The lowest BCUT2D eigenvalue weighted by Gasteiger charge is -2.11. The van der Waals surface area contributed by atoms with Gasteiger partial charge in [0.15, 0.2) is 6.61 Å². The highest BCUT2D eigenvalue weighted by molar-refractivity contribution is 6.31. The third-order valence-electron chi connectivity index (χ3n) is 2.92. The predicted molar refractivity (Wildman–Crippen MR) is 88.3 cm³/mol. The second kappa shape index (κ2) is 7.99.